The number of aliphatic hydroxyl groups excluding tert-OH is 2. The number of rotatable bonds is 3. The molecule has 0 aliphatic carbocycles. The van der Waals surface area contributed by atoms with Gasteiger partial charge in [0.25, 0.3) is 0 Å². The molecular formula is C6H14O5. The smallest absolute Gasteiger partial charge is 0.332 e. The van der Waals surface area contributed by atoms with Gasteiger partial charge in [-0.2, -0.15) is 0 Å². The predicted octanol–water partition coefficient (Wildman–Crippen LogP) is -0.923. The predicted molar refractivity (Wildman–Crippen MR) is 38.3 cm³/mol. The molecule has 1 atom stereocenters. The molecule has 5 heteroatoms. The highest BCUT2D eigenvalue weighted by Gasteiger charge is 2.01. The van der Waals surface area contributed by atoms with E-state index in [9.17, 15) is 4.79 Å². The molecule has 0 saturated carbocycles. The molecule has 0 bridgehead atoms. The zero-order chi connectivity index (χ0) is 9.28. The van der Waals surface area contributed by atoms with Crippen LogP contribution in [0.2, 0.25) is 0 Å². The molecule has 0 saturated heterocycles. The second-order valence-corrected chi connectivity index (χ2v) is 1.73. The van der Waals surface area contributed by atoms with Gasteiger partial charge in [0.05, 0.1) is 13.2 Å². The number of hydrogen-bond acceptors (Lipinski definition) is 4. The molecule has 0 rings (SSSR count). The fourth-order valence-electron chi connectivity index (χ4n) is 0.0913. The summed E-state index contributed by atoms with van der Waals surface area (Å²) >= 11 is 0. The maximum atomic E-state index is 9.45. The first kappa shape index (κ1) is 13.0. The van der Waals surface area contributed by atoms with E-state index < -0.39 is 12.1 Å². The zero-order valence-corrected chi connectivity index (χ0v) is 6.65. The molecule has 0 aliphatic heterocycles. The van der Waals surface area contributed by atoms with Crippen molar-refractivity contribution in [2.24, 2.45) is 0 Å². The largest absolute Gasteiger partial charge is 0.479 e. The van der Waals surface area contributed by atoms with Crippen LogP contribution >= 0.6 is 0 Å². The van der Waals surface area contributed by atoms with E-state index in [1.54, 1.807) is 7.11 Å². The van der Waals surface area contributed by atoms with Gasteiger partial charge in [0.2, 0.25) is 0 Å². The molecule has 5 nitrogen and oxygen atoms in total. The van der Waals surface area contributed by atoms with Gasteiger partial charge in [0.1, 0.15) is 6.10 Å². The number of carbonyl (C=O) groups is 1. The van der Waals surface area contributed by atoms with E-state index in [0.29, 0.717) is 6.61 Å². The highest BCUT2D eigenvalue weighted by Crippen LogP contribution is 1.73. The maximum absolute atomic E-state index is 9.45. The molecule has 0 aliphatic rings. The van der Waals surface area contributed by atoms with E-state index >= 15 is 0 Å². The quantitative estimate of drug-likeness (QED) is 0.504. The van der Waals surface area contributed by atoms with E-state index in [1.807, 2.05) is 0 Å². The van der Waals surface area contributed by atoms with Crippen molar-refractivity contribution in [1.29, 1.82) is 0 Å². The van der Waals surface area contributed by atoms with Crippen molar-refractivity contribution in [2.45, 2.75) is 13.0 Å². The van der Waals surface area contributed by atoms with E-state index in [4.69, 9.17) is 15.3 Å². The van der Waals surface area contributed by atoms with Gasteiger partial charge in [-0.3, -0.25) is 0 Å². The van der Waals surface area contributed by atoms with Crippen molar-refractivity contribution >= 4 is 5.97 Å². The van der Waals surface area contributed by atoms with Crippen LogP contribution in [0.5, 0.6) is 0 Å². The van der Waals surface area contributed by atoms with Crippen molar-refractivity contribution in [3.8, 4) is 0 Å². The third-order valence-corrected chi connectivity index (χ3v) is 0.653. The Morgan fingerprint density at radius 2 is 2.00 bits per heavy atom. The molecule has 0 aromatic heterocycles. The minimum absolute atomic E-state index is 0.122. The number of ether oxygens (including phenoxy) is 1. The van der Waals surface area contributed by atoms with Gasteiger partial charge >= 0.3 is 5.97 Å². The Morgan fingerprint density at radius 3 is 2.00 bits per heavy atom. The number of carboxylic acids is 1. The molecular weight excluding hydrogens is 152 g/mol. The van der Waals surface area contributed by atoms with Crippen LogP contribution in [0, 0.1) is 0 Å². The number of methoxy groups -OCH3 is 1. The van der Waals surface area contributed by atoms with Crippen LogP contribution in [0.1, 0.15) is 6.92 Å². The Bertz CT molecular complexity index is 89.0. The first-order valence-electron chi connectivity index (χ1n) is 3.07. The summed E-state index contributed by atoms with van der Waals surface area (Å²) in [6.07, 6.45) is -1.23. The third-order valence-electron chi connectivity index (χ3n) is 0.653. The second kappa shape index (κ2) is 9.35. The summed E-state index contributed by atoms with van der Waals surface area (Å²) in [5, 5.41) is 23.7. The van der Waals surface area contributed by atoms with Gasteiger partial charge in [0, 0.05) is 7.11 Å². The standard InChI is InChI=1S/C3H6O3.C3H8O2/c1-2(4)3(5)6;1-5-3-2-4/h2,4H,1H3,(H,5,6);4H,2-3H2,1H3. The highest BCUT2D eigenvalue weighted by molar-refractivity contribution is 5.71. The normalized spacial score (nSPS) is 11.3. The number of aliphatic hydroxyl groups is 2. The van der Waals surface area contributed by atoms with Crippen LogP contribution in [0.15, 0.2) is 0 Å². The Morgan fingerprint density at radius 1 is 1.64 bits per heavy atom. The van der Waals surface area contributed by atoms with Crippen molar-refractivity contribution in [3.05, 3.63) is 0 Å². The highest BCUT2D eigenvalue weighted by atomic mass is 16.5. The van der Waals surface area contributed by atoms with Crippen LogP contribution < -0.4 is 0 Å². The van der Waals surface area contributed by atoms with Gasteiger partial charge in [-0.1, -0.05) is 0 Å². The molecule has 0 radical (unpaired) electrons. The molecule has 11 heavy (non-hydrogen) atoms. The lowest BCUT2D eigenvalue weighted by Crippen LogP contribution is -2.13. The number of carboxylic acid groups (broad SMARTS) is 1. The molecule has 0 heterocycles. The number of aliphatic carboxylic acids is 1. The monoisotopic (exact) mass is 166 g/mol. The molecule has 0 amide bonds. The Hall–Kier alpha value is -0.650. The average molecular weight is 166 g/mol. The minimum Gasteiger partial charge on any atom is -0.479 e. The maximum Gasteiger partial charge on any atom is 0.332 e. The van der Waals surface area contributed by atoms with E-state index in [2.05, 4.69) is 4.74 Å². The van der Waals surface area contributed by atoms with Crippen LogP contribution in [0.3, 0.4) is 0 Å². The van der Waals surface area contributed by atoms with E-state index in [0.717, 1.165) is 0 Å². The molecule has 68 valence electrons. The van der Waals surface area contributed by atoms with Crippen molar-refractivity contribution < 1.29 is 24.9 Å². The Balaban J connectivity index is 0. The average Bonchev–Trinajstić information content (AvgIpc) is 1.90. The van der Waals surface area contributed by atoms with Crippen LogP contribution in [0.25, 0.3) is 0 Å². The lowest BCUT2D eigenvalue weighted by atomic mass is 10.4. The van der Waals surface area contributed by atoms with Gasteiger partial charge in [-0.15, -0.1) is 0 Å². The third kappa shape index (κ3) is 17.6. The summed E-state index contributed by atoms with van der Waals surface area (Å²) in [6.45, 7) is 1.76. The first-order chi connectivity index (χ1) is 5.06. The molecule has 0 aromatic rings. The topological polar surface area (TPSA) is 87.0 Å². The molecule has 3 N–H and O–H groups in total. The van der Waals surface area contributed by atoms with E-state index in [-0.39, 0.29) is 6.61 Å². The summed E-state index contributed by atoms with van der Waals surface area (Å²) in [5.41, 5.74) is 0. The lowest BCUT2D eigenvalue weighted by molar-refractivity contribution is -0.145. The van der Waals surface area contributed by atoms with Gasteiger partial charge in [-0.05, 0) is 6.92 Å². The molecule has 0 spiro atoms. The minimum atomic E-state index is -1.23. The van der Waals surface area contributed by atoms with Gasteiger partial charge in [-0.25, -0.2) is 4.79 Å². The fraction of sp³-hybridized carbons (Fsp3) is 0.833. The lowest BCUT2D eigenvalue weighted by Gasteiger charge is -1.89. The van der Waals surface area contributed by atoms with E-state index in [1.165, 1.54) is 6.92 Å². The molecule has 0 aromatic carbocycles. The molecule has 1 unspecified atom stereocenters. The summed E-state index contributed by atoms with van der Waals surface area (Å²) in [4.78, 5) is 9.45. The summed E-state index contributed by atoms with van der Waals surface area (Å²) < 4.78 is 4.44. The van der Waals surface area contributed by atoms with Crippen molar-refractivity contribution in [2.75, 3.05) is 20.3 Å². The zero-order valence-electron chi connectivity index (χ0n) is 6.65. The van der Waals surface area contributed by atoms with Gasteiger partial charge in [0.15, 0.2) is 0 Å². The summed E-state index contributed by atoms with van der Waals surface area (Å²) in [6, 6.07) is 0. The second-order valence-electron chi connectivity index (χ2n) is 1.73. The first-order valence-corrected chi connectivity index (χ1v) is 3.07. The van der Waals surface area contributed by atoms with Crippen LogP contribution in [0.4, 0.5) is 0 Å². The summed E-state index contributed by atoms with van der Waals surface area (Å²) in [5.74, 6) is -1.19. The number of hydrogen-bond donors (Lipinski definition) is 3. The Labute approximate surface area is 65.2 Å². The van der Waals surface area contributed by atoms with Crippen molar-refractivity contribution in [1.82, 2.24) is 0 Å². The fourth-order valence-corrected chi connectivity index (χ4v) is 0.0913. The summed E-state index contributed by atoms with van der Waals surface area (Å²) in [7, 11) is 1.55. The SMILES string of the molecule is CC(O)C(=O)O.COCCO. The van der Waals surface area contributed by atoms with Crippen molar-refractivity contribution in [3.63, 3.8) is 0 Å². The Kier molecular flexibility index (Phi) is 11.0. The molecule has 0 fully saturated rings. The van der Waals surface area contributed by atoms with Crippen LogP contribution in [-0.2, 0) is 9.53 Å². The van der Waals surface area contributed by atoms with Crippen LogP contribution in [-0.4, -0.2) is 47.7 Å². The van der Waals surface area contributed by atoms with Gasteiger partial charge < -0.3 is 20.1 Å².